The molecular weight excluding hydrogens is 268 g/mol. The van der Waals surface area contributed by atoms with E-state index in [9.17, 15) is 24.9 Å². The summed E-state index contributed by atoms with van der Waals surface area (Å²) in [6.45, 7) is 1.31. The standard InChI is InChI=1S/C13H16O7/c1-7-5-8(14)6-10(16)11(7)13(18)20-4-3-9(15)12(17)19-2/h5-6,9,14-16H,3-4H2,1-2H3. The molecule has 0 aliphatic heterocycles. The molecular formula is C13H16O7. The molecule has 0 spiro atoms. The molecule has 7 heteroatoms. The Hall–Kier alpha value is -2.28. The molecule has 1 rings (SSSR count). The van der Waals surface area contributed by atoms with Gasteiger partial charge in [0.05, 0.1) is 13.7 Å². The second-order valence-electron chi connectivity index (χ2n) is 4.12. The van der Waals surface area contributed by atoms with Crippen molar-refractivity contribution in [2.45, 2.75) is 19.4 Å². The number of hydrogen-bond donors (Lipinski definition) is 3. The van der Waals surface area contributed by atoms with Gasteiger partial charge in [-0.05, 0) is 18.6 Å². The lowest BCUT2D eigenvalue weighted by atomic mass is 10.1. The maximum atomic E-state index is 11.8. The largest absolute Gasteiger partial charge is 0.508 e. The molecule has 0 aliphatic rings. The third-order valence-electron chi connectivity index (χ3n) is 2.60. The fourth-order valence-electron chi connectivity index (χ4n) is 1.60. The zero-order valence-electron chi connectivity index (χ0n) is 11.1. The number of aliphatic hydroxyl groups excluding tert-OH is 1. The lowest BCUT2D eigenvalue weighted by Crippen LogP contribution is -2.24. The molecule has 0 fully saturated rings. The number of phenols is 2. The number of phenolic OH excluding ortho intramolecular Hbond substituents is 2. The van der Waals surface area contributed by atoms with Gasteiger partial charge in [-0.2, -0.15) is 0 Å². The van der Waals surface area contributed by atoms with Crippen molar-refractivity contribution in [1.82, 2.24) is 0 Å². The van der Waals surface area contributed by atoms with Crippen molar-refractivity contribution in [3.05, 3.63) is 23.3 Å². The van der Waals surface area contributed by atoms with E-state index >= 15 is 0 Å². The molecule has 20 heavy (non-hydrogen) atoms. The number of esters is 2. The minimum atomic E-state index is -1.37. The van der Waals surface area contributed by atoms with Crippen LogP contribution in [0, 0.1) is 6.92 Å². The van der Waals surface area contributed by atoms with Crippen LogP contribution in [0.2, 0.25) is 0 Å². The summed E-state index contributed by atoms with van der Waals surface area (Å²) < 4.78 is 9.15. The second kappa shape index (κ2) is 6.76. The molecule has 0 heterocycles. The number of benzene rings is 1. The van der Waals surface area contributed by atoms with Gasteiger partial charge in [-0.25, -0.2) is 9.59 Å². The van der Waals surface area contributed by atoms with Crippen LogP contribution in [-0.2, 0) is 14.3 Å². The molecule has 0 saturated heterocycles. The predicted molar refractivity (Wildman–Crippen MR) is 67.4 cm³/mol. The quantitative estimate of drug-likeness (QED) is 0.674. The fraction of sp³-hybridized carbons (Fsp3) is 0.385. The number of rotatable bonds is 5. The number of aryl methyl sites for hydroxylation is 1. The number of aromatic hydroxyl groups is 2. The van der Waals surface area contributed by atoms with Crippen molar-refractivity contribution in [3.63, 3.8) is 0 Å². The molecule has 1 unspecified atom stereocenters. The SMILES string of the molecule is COC(=O)C(O)CCOC(=O)c1c(C)cc(O)cc1O. The third-order valence-corrected chi connectivity index (χ3v) is 2.60. The summed E-state index contributed by atoms with van der Waals surface area (Å²) in [6.07, 6.45) is -1.49. The summed E-state index contributed by atoms with van der Waals surface area (Å²) >= 11 is 0. The van der Waals surface area contributed by atoms with Crippen LogP contribution >= 0.6 is 0 Å². The molecule has 1 aromatic rings. The van der Waals surface area contributed by atoms with E-state index in [1.165, 1.54) is 13.0 Å². The first-order valence-electron chi connectivity index (χ1n) is 5.82. The predicted octanol–water partition coefficient (Wildman–Crippen LogP) is 0.487. The van der Waals surface area contributed by atoms with E-state index in [1.54, 1.807) is 0 Å². The van der Waals surface area contributed by atoms with Crippen LogP contribution < -0.4 is 0 Å². The van der Waals surface area contributed by atoms with Gasteiger partial charge in [0.1, 0.15) is 17.1 Å². The summed E-state index contributed by atoms with van der Waals surface area (Å²) in [4.78, 5) is 22.7. The molecule has 0 saturated carbocycles. The van der Waals surface area contributed by atoms with Gasteiger partial charge in [0, 0.05) is 12.5 Å². The monoisotopic (exact) mass is 284 g/mol. The third kappa shape index (κ3) is 3.86. The summed E-state index contributed by atoms with van der Waals surface area (Å²) in [5.74, 6) is -2.19. The van der Waals surface area contributed by atoms with Gasteiger partial charge in [-0.1, -0.05) is 0 Å². The second-order valence-corrected chi connectivity index (χ2v) is 4.12. The Bertz CT molecular complexity index is 486. The normalized spacial score (nSPS) is 11.8. The molecule has 3 N–H and O–H groups in total. The first kappa shape index (κ1) is 15.8. The van der Waals surface area contributed by atoms with Crippen molar-refractivity contribution in [2.24, 2.45) is 0 Å². The van der Waals surface area contributed by atoms with Gasteiger partial charge in [0.25, 0.3) is 0 Å². The minimum Gasteiger partial charge on any atom is -0.508 e. The van der Waals surface area contributed by atoms with E-state index in [4.69, 9.17) is 4.74 Å². The van der Waals surface area contributed by atoms with E-state index in [2.05, 4.69) is 4.74 Å². The lowest BCUT2D eigenvalue weighted by molar-refractivity contribution is -0.151. The average molecular weight is 284 g/mol. The number of carbonyl (C=O) groups excluding carboxylic acids is 2. The van der Waals surface area contributed by atoms with Gasteiger partial charge in [0.15, 0.2) is 6.10 Å². The molecule has 7 nitrogen and oxygen atoms in total. The highest BCUT2D eigenvalue weighted by Crippen LogP contribution is 2.27. The number of hydrogen-bond acceptors (Lipinski definition) is 7. The maximum Gasteiger partial charge on any atom is 0.342 e. The van der Waals surface area contributed by atoms with Gasteiger partial charge in [0.2, 0.25) is 0 Å². The van der Waals surface area contributed by atoms with Crippen molar-refractivity contribution >= 4 is 11.9 Å². The van der Waals surface area contributed by atoms with Crippen molar-refractivity contribution < 1.29 is 34.4 Å². The Morgan fingerprint density at radius 2 is 1.95 bits per heavy atom. The zero-order chi connectivity index (χ0) is 15.3. The fourth-order valence-corrected chi connectivity index (χ4v) is 1.60. The van der Waals surface area contributed by atoms with E-state index in [1.807, 2.05) is 0 Å². The molecule has 0 aliphatic carbocycles. The highest BCUT2D eigenvalue weighted by atomic mass is 16.5. The number of methoxy groups -OCH3 is 1. The number of ether oxygens (including phenoxy) is 2. The number of aliphatic hydroxyl groups is 1. The minimum absolute atomic E-state index is 0.0737. The van der Waals surface area contributed by atoms with Gasteiger partial charge in [-0.15, -0.1) is 0 Å². The van der Waals surface area contributed by atoms with Gasteiger partial charge >= 0.3 is 11.9 Å². The number of carbonyl (C=O) groups is 2. The summed E-state index contributed by atoms with van der Waals surface area (Å²) in [5.41, 5.74) is 0.274. The Morgan fingerprint density at radius 3 is 2.50 bits per heavy atom. The van der Waals surface area contributed by atoms with Crippen molar-refractivity contribution in [3.8, 4) is 11.5 Å². The maximum absolute atomic E-state index is 11.8. The van der Waals surface area contributed by atoms with Crippen LogP contribution in [0.3, 0.4) is 0 Å². The van der Waals surface area contributed by atoms with E-state index in [0.29, 0.717) is 5.56 Å². The highest BCUT2D eigenvalue weighted by Gasteiger charge is 2.19. The Balaban J connectivity index is 2.62. The Labute approximate surface area is 115 Å². The lowest BCUT2D eigenvalue weighted by Gasteiger charge is -2.11. The van der Waals surface area contributed by atoms with Gasteiger partial charge < -0.3 is 24.8 Å². The van der Waals surface area contributed by atoms with Crippen LogP contribution in [0.4, 0.5) is 0 Å². The molecule has 110 valence electrons. The molecule has 0 aromatic heterocycles. The first-order chi connectivity index (χ1) is 9.36. The Kier molecular flexibility index (Phi) is 5.33. The topological polar surface area (TPSA) is 113 Å². The first-order valence-corrected chi connectivity index (χ1v) is 5.82. The Morgan fingerprint density at radius 1 is 1.30 bits per heavy atom. The van der Waals surface area contributed by atoms with Crippen LogP contribution in [0.1, 0.15) is 22.3 Å². The average Bonchev–Trinajstić information content (AvgIpc) is 2.36. The van der Waals surface area contributed by atoms with E-state index in [0.717, 1.165) is 13.2 Å². The zero-order valence-corrected chi connectivity index (χ0v) is 11.1. The van der Waals surface area contributed by atoms with Crippen LogP contribution in [-0.4, -0.2) is 47.1 Å². The summed E-state index contributed by atoms with van der Waals surface area (Å²) in [5, 5.41) is 28.1. The molecule has 1 aromatic carbocycles. The van der Waals surface area contributed by atoms with Crippen LogP contribution in [0.15, 0.2) is 12.1 Å². The van der Waals surface area contributed by atoms with Gasteiger partial charge in [-0.3, -0.25) is 0 Å². The van der Waals surface area contributed by atoms with Crippen molar-refractivity contribution in [1.29, 1.82) is 0 Å². The van der Waals surface area contributed by atoms with Crippen LogP contribution in [0.5, 0.6) is 11.5 Å². The summed E-state index contributed by atoms with van der Waals surface area (Å²) in [6, 6.07) is 2.33. The highest BCUT2D eigenvalue weighted by molar-refractivity contribution is 5.94. The van der Waals surface area contributed by atoms with E-state index in [-0.39, 0.29) is 24.3 Å². The molecule has 0 amide bonds. The van der Waals surface area contributed by atoms with Crippen molar-refractivity contribution in [2.75, 3.05) is 13.7 Å². The smallest absolute Gasteiger partial charge is 0.342 e. The van der Waals surface area contributed by atoms with Crippen LogP contribution in [0.25, 0.3) is 0 Å². The molecule has 0 radical (unpaired) electrons. The molecule has 1 atom stereocenters. The summed E-state index contributed by atoms with van der Waals surface area (Å²) in [7, 11) is 1.13. The van der Waals surface area contributed by atoms with E-state index < -0.39 is 23.8 Å². The molecule has 0 bridgehead atoms.